The number of hydrazine groups is 1. The van der Waals surface area contributed by atoms with E-state index in [0.717, 1.165) is 38.9 Å². The van der Waals surface area contributed by atoms with Crippen molar-refractivity contribution in [3.8, 4) is 0 Å². The summed E-state index contributed by atoms with van der Waals surface area (Å²) in [6.45, 7) is 6.26. The van der Waals surface area contributed by atoms with Gasteiger partial charge in [0.05, 0.1) is 11.4 Å². The van der Waals surface area contributed by atoms with Gasteiger partial charge in [-0.05, 0) is 56.5 Å². The van der Waals surface area contributed by atoms with Crippen molar-refractivity contribution < 1.29 is 9.18 Å². The Morgan fingerprint density at radius 2 is 2.10 bits per heavy atom. The molecule has 7 N–H and O–H groups in total. The fourth-order valence-corrected chi connectivity index (χ4v) is 4.19. The number of nitrogens with one attached hydrogen (secondary N) is 1. The maximum atomic E-state index is 13.9. The van der Waals surface area contributed by atoms with Crippen molar-refractivity contribution in [3.63, 3.8) is 0 Å². The van der Waals surface area contributed by atoms with Crippen LogP contribution in [0.5, 0.6) is 0 Å². The minimum Gasteiger partial charge on any atom is -0.397 e. The van der Waals surface area contributed by atoms with Gasteiger partial charge in [-0.2, -0.15) is 0 Å². The maximum Gasteiger partial charge on any atom is 0.179 e. The van der Waals surface area contributed by atoms with Gasteiger partial charge < -0.3 is 26.4 Å². The highest BCUT2D eigenvalue weighted by Crippen LogP contribution is 2.29. The van der Waals surface area contributed by atoms with Crippen molar-refractivity contribution in [1.29, 1.82) is 0 Å². The third kappa shape index (κ3) is 5.19. The van der Waals surface area contributed by atoms with Crippen molar-refractivity contribution >= 4 is 22.4 Å². The second-order valence-corrected chi connectivity index (χ2v) is 8.09. The molecule has 1 aliphatic rings. The Bertz CT molecular complexity index is 900. The van der Waals surface area contributed by atoms with Crippen molar-refractivity contribution in [2.75, 3.05) is 32.7 Å². The van der Waals surface area contributed by atoms with Crippen LogP contribution in [0.3, 0.4) is 0 Å². The number of benzene rings is 1. The lowest BCUT2D eigenvalue weighted by Crippen LogP contribution is -2.41. The minimum atomic E-state index is -0.376. The van der Waals surface area contributed by atoms with E-state index in [1.165, 1.54) is 12.1 Å². The summed E-state index contributed by atoms with van der Waals surface area (Å²) in [6, 6.07) is 4.39. The molecular weight excluding hydrogens is 383 g/mol. The smallest absolute Gasteiger partial charge is 0.179 e. The zero-order chi connectivity index (χ0) is 21.7. The summed E-state index contributed by atoms with van der Waals surface area (Å²) >= 11 is 0. The molecule has 30 heavy (non-hydrogen) atoms. The molecule has 7 nitrogen and oxygen atoms in total. The number of rotatable bonds is 9. The fourth-order valence-electron chi connectivity index (χ4n) is 4.19. The van der Waals surface area contributed by atoms with Crippen LogP contribution in [0.15, 0.2) is 24.4 Å². The third-order valence-corrected chi connectivity index (χ3v) is 5.73. The van der Waals surface area contributed by atoms with Gasteiger partial charge in [-0.15, -0.1) is 0 Å². The standard InChI is InChI=1S/C22H33FN6O/c1-2-3-20(30)22-21(17-12-16(23)4-5-19(17)27-22)18(25)14-29(26)13-15-6-9-28(10-7-15)11-8-24/h4-5,12,14-15,27H,2-3,6-11,13,24-26H2,1H3/b18-14-. The number of H-pyrrole nitrogens is 1. The molecule has 0 aliphatic carbocycles. The number of aromatic nitrogens is 1. The average molecular weight is 417 g/mol. The molecule has 8 heteroatoms. The molecule has 0 amide bonds. The molecule has 0 atom stereocenters. The molecule has 0 radical (unpaired) electrons. The normalized spacial score (nSPS) is 16.3. The van der Waals surface area contributed by atoms with Crippen LogP contribution >= 0.6 is 0 Å². The van der Waals surface area contributed by atoms with Gasteiger partial charge >= 0.3 is 0 Å². The molecule has 0 bridgehead atoms. The summed E-state index contributed by atoms with van der Waals surface area (Å²) < 4.78 is 13.9. The van der Waals surface area contributed by atoms with E-state index in [1.54, 1.807) is 17.3 Å². The second-order valence-electron chi connectivity index (χ2n) is 8.09. The monoisotopic (exact) mass is 416 g/mol. The molecule has 1 aromatic heterocycles. The summed E-state index contributed by atoms with van der Waals surface area (Å²) in [7, 11) is 0. The lowest BCUT2D eigenvalue weighted by molar-refractivity contribution is 0.0977. The number of nitrogens with zero attached hydrogens (tertiary/aromatic N) is 2. The molecule has 164 valence electrons. The highest BCUT2D eigenvalue weighted by atomic mass is 19.1. The van der Waals surface area contributed by atoms with Crippen molar-refractivity contribution in [2.45, 2.75) is 32.6 Å². The van der Waals surface area contributed by atoms with Gasteiger partial charge in [0.25, 0.3) is 0 Å². The van der Waals surface area contributed by atoms with Gasteiger partial charge in [0.2, 0.25) is 0 Å². The second kappa shape index (κ2) is 10.1. The van der Waals surface area contributed by atoms with Crippen molar-refractivity contribution in [2.24, 2.45) is 23.2 Å². The van der Waals surface area contributed by atoms with Crippen LogP contribution in [0, 0.1) is 11.7 Å². The van der Waals surface area contributed by atoms with E-state index in [2.05, 4.69) is 9.88 Å². The molecule has 1 saturated heterocycles. The Hall–Kier alpha value is -2.42. The van der Waals surface area contributed by atoms with Crippen LogP contribution in [0.4, 0.5) is 4.39 Å². The molecule has 3 rings (SSSR count). The summed E-state index contributed by atoms with van der Waals surface area (Å²) in [5.74, 6) is 6.28. The van der Waals surface area contributed by atoms with Crippen LogP contribution in [-0.2, 0) is 0 Å². The number of carbonyl (C=O) groups is 1. The number of Topliss-reactive ketones (excluding diaryl/α,β-unsaturated/α-hetero) is 1. The van der Waals surface area contributed by atoms with E-state index >= 15 is 0 Å². The van der Waals surface area contributed by atoms with Gasteiger partial charge in [-0.1, -0.05) is 6.92 Å². The summed E-state index contributed by atoms with van der Waals surface area (Å²) in [6.07, 6.45) is 4.88. The molecule has 2 heterocycles. The van der Waals surface area contributed by atoms with Crippen LogP contribution in [-0.4, -0.2) is 53.4 Å². The minimum absolute atomic E-state index is 0.0451. The van der Waals surface area contributed by atoms with E-state index in [1.807, 2.05) is 6.92 Å². The van der Waals surface area contributed by atoms with Crippen LogP contribution < -0.4 is 17.3 Å². The third-order valence-electron chi connectivity index (χ3n) is 5.73. The zero-order valence-electron chi connectivity index (χ0n) is 17.7. The molecule has 0 spiro atoms. The van der Waals surface area contributed by atoms with Gasteiger partial charge in [0.15, 0.2) is 5.78 Å². The van der Waals surface area contributed by atoms with Crippen molar-refractivity contribution in [1.82, 2.24) is 14.9 Å². The van der Waals surface area contributed by atoms with Gasteiger partial charge in [0.1, 0.15) is 5.82 Å². The number of hydrogen-bond acceptors (Lipinski definition) is 6. The maximum absolute atomic E-state index is 13.9. The van der Waals surface area contributed by atoms with Crippen LogP contribution in [0.1, 0.15) is 48.7 Å². The number of hydrogen-bond donors (Lipinski definition) is 4. The molecule has 1 fully saturated rings. The first-order valence-corrected chi connectivity index (χ1v) is 10.7. The Balaban J connectivity index is 1.80. The van der Waals surface area contributed by atoms with Crippen LogP contribution in [0.25, 0.3) is 16.6 Å². The quantitative estimate of drug-likeness (QED) is 0.283. The summed E-state index contributed by atoms with van der Waals surface area (Å²) in [5, 5.41) is 2.18. The largest absolute Gasteiger partial charge is 0.397 e. The fraction of sp³-hybridized carbons (Fsp3) is 0.500. The molecule has 1 aromatic carbocycles. The first-order valence-electron chi connectivity index (χ1n) is 10.7. The number of fused-ring (bicyclic) bond motifs is 1. The number of carbonyl (C=O) groups excluding carboxylic acids is 1. The van der Waals surface area contributed by atoms with Crippen molar-refractivity contribution in [3.05, 3.63) is 41.5 Å². The first-order chi connectivity index (χ1) is 14.4. The van der Waals surface area contributed by atoms with E-state index in [0.29, 0.717) is 53.3 Å². The Morgan fingerprint density at radius 1 is 1.37 bits per heavy atom. The number of likely N-dealkylation sites (tertiary alicyclic amines) is 1. The van der Waals surface area contributed by atoms with E-state index < -0.39 is 0 Å². The molecular formula is C22H33FN6O. The predicted molar refractivity (Wildman–Crippen MR) is 119 cm³/mol. The number of halogens is 1. The Labute approximate surface area is 177 Å². The van der Waals surface area contributed by atoms with E-state index in [-0.39, 0.29) is 11.6 Å². The molecule has 0 unspecified atom stereocenters. The highest BCUT2D eigenvalue weighted by molar-refractivity contribution is 6.07. The van der Waals surface area contributed by atoms with Gasteiger partial charge in [0, 0.05) is 48.7 Å². The first kappa shape index (κ1) is 22.3. The summed E-state index contributed by atoms with van der Waals surface area (Å²) in [5.41, 5.74) is 14.0. The SMILES string of the molecule is CCCC(=O)c1[nH]c2ccc(F)cc2c1/C(N)=C/N(N)CC1CCN(CCN)CC1. The Morgan fingerprint density at radius 3 is 2.77 bits per heavy atom. The number of nitrogens with two attached hydrogens (primary N) is 3. The number of piperidine rings is 1. The zero-order valence-corrected chi connectivity index (χ0v) is 17.7. The van der Waals surface area contributed by atoms with Gasteiger partial charge in [-0.3, -0.25) is 4.79 Å². The topological polar surface area (TPSA) is 117 Å². The molecule has 0 saturated carbocycles. The number of aromatic amines is 1. The summed E-state index contributed by atoms with van der Waals surface area (Å²) in [4.78, 5) is 18.1. The van der Waals surface area contributed by atoms with E-state index in [4.69, 9.17) is 17.3 Å². The van der Waals surface area contributed by atoms with Crippen LogP contribution in [0.2, 0.25) is 0 Å². The molecule has 1 aliphatic heterocycles. The highest BCUT2D eigenvalue weighted by Gasteiger charge is 2.22. The Kier molecular flexibility index (Phi) is 7.47. The predicted octanol–water partition coefficient (Wildman–Crippen LogP) is 2.39. The van der Waals surface area contributed by atoms with Gasteiger partial charge in [-0.25, -0.2) is 10.2 Å². The van der Waals surface area contributed by atoms with E-state index in [9.17, 15) is 9.18 Å². The average Bonchev–Trinajstić information content (AvgIpc) is 3.08. The lowest BCUT2D eigenvalue weighted by Gasteiger charge is -2.33. The molecule has 2 aromatic rings. The number of ketones is 1. The lowest BCUT2D eigenvalue weighted by atomic mass is 9.96.